The minimum atomic E-state index is -1.25. The van der Waals surface area contributed by atoms with Crippen LogP contribution in [0.25, 0.3) is 10.6 Å². The van der Waals surface area contributed by atoms with Gasteiger partial charge in [-0.1, -0.05) is 98.6 Å². The summed E-state index contributed by atoms with van der Waals surface area (Å²) in [4.78, 5) is 3.76. The van der Waals surface area contributed by atoms with E-state index in [4.69, 9.17) is 0 Å². The van der Waals surface area contributed by atoms with Gasteiger partial charge in [-0.25, -0.2) is 0 Å². The van der Waals surface area contributed by atoms with Gasteiger partial charge in [0.25, 0.3) is 0 Å². The number of nitrogens with zero attached hydrogens (tertiary/aromatic N) is 1. The molecule has 0 atom stereocenters. The largest absolute Gasteiger partial charge is 0.338 e. The van der Waals surface area contributed by atoms with Crippen molar-refractivity contribution in [3.63, 3.8) is 0 Å². The fraction of sp³-hybridized carbons (Fsp3) is 0.200. The first-order valence-electron chi connectivity index (χ1n) is 7.95. The van der Waals surface area contributed by atoms with Gasteiger partial charge in [-0.05, 0) is 11.1 Å². The van der Waals surface area contributed by atoms with E-state index in [0.29, 0.717) is 0 Å². The Labute approximate surface area is 144 Å². The summed E-state index contributed by atoms with van der Waals surface area (Å²) < 4.78 is 0. The molecule has 0 fully saturated rings. The second-order valence-electron chi connectivity index (χ2n) is 7.05. The highest BCUT2D eigenvalue weighted by molar-refractivity contribution is 8.12. The van der Waals surface area contributed by atoms with Crippen LogP contribution in [0, 0.1) is 0 Å². The zero-order chi connectivity index (χ0) is 16.4. The highest BCUT2D eigenvalue weighted by atomic mass is 32.2. The van der Waals surface area contributed by atoms with Gasteiger partial charge in [0.2, 0.25) is 0 Å². The predicted octanol–water partition coefficient (Wildman–Crippen LogP) is 5.91. The highest BCUT2D eigenvalue weighted by Crippen LogP contribution is 2.49. The lowest BCUT2D eigenvalue weighted by atomic mass is 10.1. The number of thioether (sulfide) groups is 1. The molecular formula is C20H23NSSi. The Morgan fingerprint density at radius 3 is 1.91 bits per heavy atom. The molecule has 0 unspecified atom stereocenters. The Morgan fingerprint density at radius 2 is 1.39 bits per heavy atom. The lowest BCUT2D eigenvalue weighted by Gasteiger charge is -2.29. The summed E-state index contributed by atoms with van der Waals surface area (Å²) in [5.41, 5.74) is 3.86. The van der Waals surface area contributed by atoms with Crippen LogP contribution >= 0.6 is 11.8 Å². The second kappa shape index (κ2) is 6.42. The third-order valence-electron chi connectivity index (χ3n) is 3.72. The van der Waals surface area contributed by atoms with Crippen LogP contribution < -0.4 is 0 Å². The van der Waals surface area contributed by atoms with Crippen molar-refractivity contribution in [2.75, 3.05) is 6.17 Å². The summed E-state index contributed by atoms with van der Waals surface area (Å²) in [6.45, 7) is 11.6. The van der Waals surface area contributed by atoms with Gasteiger partial charge in [0.05, 0.1) is 18.8 Å². The molecule has 3 rings (SSSR count). The van der Waals surface area contributed by atoms with Gasteiger partial charge in [-0.2, -0.15) is 0 Å². The molecular weight excluding hydrogens is 314 g/mol. The maximum Gasteiger partial charge on any atom is 0.0725 e. The fourth-order valence-corrected chi connectivity index (χ4v) is 5.27. The van der Waals surface area contributed by atoms with E-state index in [9.17, 15) is 0 Å². The number of hydrogen-bond donors (Lipinski definition) is 0. The molecule has 2 aromatic carbocycles. The van der Waals surface area contributed by atoms with E-state index in [-0.39, 0.29) is 0 Å². The van der Waals surface area contributed by atoms with Crippen LogP contribution in [0.3, 0.4) is 0 Å². The Hall–Kier alpha value is -1.71. The average Bonchev–Trinajstić information content (AvgIpc) is 2.84. The van der Waals surface area contributed by atoms with Crippen LogP contribution in [-0.2, 0) is 0 Å². The Balaban J connectivity index is 2.14. The molecule has 1 nitrogen and oxygen atoms in total. The van der Waals surface area contributed by atoms with E-state index in [1.807, 2.05) is 0 Å². The van der Waals surface area contributed by atoms with Gasteiger partial charge in [-0.15, -0.1) is 0 Å². The van der Waals surface area contributed by atoms with Crippen LogP contribution in [0.5, 0.6) is 0 Å². The Morgan fingerprint density at radius 1 is 0.870 bits per heavy atom. The zero-order valence-corrected chi connectivity index (χ0v) is 15.9. The van der Waals surface area contributed by atoms with Gasteiger partial charge in [0.1, 0.15) is 0 Å². The molecule has 1 aliphatic rings. The van der Waals surface area contributed by atoms with E-state index in [1.165, 1.54) is 21.7 Å². The van der Waals surface area contributed by atoms with Gasteiger partial charge < -0.3 is 4.90 Å². The van der Waals surface area contributed by atoms with E-state index in [0.717, 1.165) is 11.2 Å². The van der Waals surface area contributed by atoms with Crippen LogP contribution in [0.1, 0.15) is 11.1 Å². The first-order chi connectivity index (χ1) is 11.0. The topological polar surface area (TPSA) is 3.24 Å². The third-order valence-corrected chi connectivity index (χ3v) is 6.08. The minimum Gasteiger partial charge on any atom is -0.338 e. The van der Waals surface area contributed by atoms with Crippen LogP contribution in [0.15, 0.2) is 72.3 Å². The molecule has 0 saturated heterocycles. The second-order valence-corrected chi connectivity index (χ2v) is 13.6. The molecule has 0 radical (unpaired) electrons. The molecule has 1 heterocycles. The molecule has 0 aliphatic carbocycles. The number of rotatable bonds is 4. The number of hydrogen-bond acceptors (Lipinski definition) is 2. The van der Waals surface area contributed by atoms with Crippen molar-refractivity contribution < 1.29 is 0 Å². The molecule has 1 aliphatic heterocycles. The highest BCUT2D eigenvalue weighted by Gasteiger charge is 2.31. The molecule has 0 bridgehead atoms. The zero-order valence-electron chi connectivity index (χ0n) is 14.0. The molecule has 3 heteroatoms. The van der Waals surface area contributed by atoms with Gasteiger partial charge in [-0.3, -0.25) is 0 Å². The molecule has 0 saturated carbocycles. The Kier molecular flexibility index (Phi) is 4.51. The maximum atomic E-state index is 4.34. The summed E-state index contributed by atoms with van der Waals surface area (Å²) in [6.07, 6.45) is 1.10. The maximum absolute atomic E-state index is 4.34. The summed E-state index contributed by atoms with van der Waals surface area (Å²) in [5, 5.41) is 1.14. The van der Waals surface area contributed by atoms with E-state index in [2.05, 4.69) is 91.8 Å². The van der Waals surface area contributed by atoms with Crippen molar-refractivity contribution >= 4 is 30.4 Å². The monoisotopic (exact) mass is 337 g/mol. The van der Waals surface area contributed by atoms with Crippen LogP contribution in [0.2, 0.25) is 19.6 Å². The van der Waals surface area contributed by atoms with Crippen molar-refractivity contribution in [2.24, 2.45) is 0 Å². The van der Waals surface area contributed by atoms with Crippen molar-refractivity contribution in [3.05, 3.63) is 83.4 Å². The molecule has 0 amide bonds. The van der Waals surface area contributed by atoms with Crippen molar-refractivity contribution in [1.29, 1.82) is 0 Å². The van der Waals surface area contributed by atoms with Gasteiger partial charge in [0.15, 0.2) is 0 Å². The quantitative estimate of drug-likeness (QED) is 0.638. The summed E-state index contributed by atoms with van der Waals surface area (Å²) in [7, 11) is -1.25. The standard InChI is InChI=1S/C20H23NSSi/c1-16-21(15-23(2,3)4)19(17-11-7-5-8-12-17)20(22-16)18-13-9-6-10-14-18/h5-14H,1,15H2,2-4H3. The van der Waals surface area contributed by atoms with E-state index in [1.54, 1.807) is 11.8 Å². The van der Waals surface area contributed by atoms with Crippen LogP contribution in [-0.4, -0.2) is 19.1 Å². The molecule has 23 heavy (non-hydrogen) atoms. The number of benzene rings is 2. The summed E-state index contributed by atoms with van der Waals surface area (Å²) in [6, 6.07) is 21.4. The smallest absolute Gasteiger partial charge is 0.0725 e. The van der Waals surface area contributed by atoms with Crippen molar-refractivity contribution in [2.45, 2.75) is 19.6 Å². The fourth-order valence-electron chi connectivity index (χ4n) is 2.78. The Bertz CT molecular complexity index is 729. The average molecular weight is 338 g/mol. The lowest BCUT2D eigenvalue weighted by molar-refractivity contribution is 0.607. The first kappa shape index (κ1) is 16.2. The van der Waals surface area contributed by atoms with Crippen molar-refractivity contribution in [1.82, 2.24) is 4.90 Å². The van der Waals surface area contributed by atoms with Gasteiger partial charge in [0, 0.05) is 11.1 Å². The predicted molar refractivity (Wildman–Crippen MR) is 106 cm³/mol. The van der Waals surface area contributed by atoms with E-state index < -0.39 is 8.07 Å². The van der Waals surface area contributed by atoms with E-state index >= 15 is 0 Å². The minimum absolute atomic E-state index is 1.10. The summed E-state index contributed by atoms with van der Waals surface area (Å²) >= 11 is 1.80. The molecule has 0 spiro atoms. The van der Waals surface area contributed by atoms with Crippen LogP contribution in [0.4, 0.5) is 0 Å². The molecule has 118 valence electrons. The SMILES string of the molecule is C=C1SC(c2ccccc2)=C(c2ccccc2)N1C[Si](C)(C)C. The molecule has 0 aromatic heterocycles. The molecule has 0 N–H and O–H groups in total. The van der Waals surface area contributed by atoms with Crippen molar-refractivity contribution in [3.8, 4) is 0 Å². The first-order valence-corrected chi connectivity index (χ1v) is 12.5. The lowest BCUT2D eigenvalue weighted by Crippen LogP contribution is -2.37. The normalized spacial score (nSPS) is 15.4. The third kappa shape index (κ3) is 3.62. The van der Waals surface area contributed by atoms with Gasteiger partial charge >= 0.3 is 0 Å². The summed E-state index contributed by atoms with van der Waals surface area (Å²) in [5.74, 6) is 0. The molecule has 2 aromatic rings.